The van der Waals surface area contributed by atoms with Gasteiger partial charge < -0.3 is 14.7 Å². The van der Waals surface area contributed by atoms with E-state index >= 15 is 0 Å². The average molecular weight is 347 g/mol. The zero-order valence-electron chi connectivity index (χ0n) is 14.6. The minimum Gasteiger partial charge on any atom is -0.478 e. The Morgan fingerprint density at radius 1 is 0.846 bits per heavy atom. The molecule has 0 saturated carbocycles. The van der Waals surface area contributed by atoms with Crippen molar-refractivity contribution in [2.45, 2.75) is 12.1 Å². The van der Waals surface area contributed by atoms with Crippen molar-refractivity contribution in [3.05, 3.63) is 96.6 Å². The topological polar surface area (TPSA) is 49.8 Å². The number of aliphatic carboxylic acids is 1. The van der Waals surface area contributed by atoms with Gasteiger partial charge in [-0.2, -0.15) is 0 Å². The van der Waals surface area contributed by atoms with E-state index in [0.29, 0.717) is 0 Å². The second-order valence-electron chi connectivity index (χ2n) is 5.96. The highest BCUT2D eigenvalue weighted by Crippen LogP contribution is 2.36. The standard InChI is InChI=1S/C22H21NO3/c1-26-22(21(24)25,17-18-11-5-2-6-12-18)23(19-13-7-3-8-14-19)20-15-9-4-10-16-20/h2-16H,17H2,1H3,(H,24,25)/t22-/m1/s1. The Kier molecular flexibility index (Phi) is 5.34. The number of para-hydroxylation sites is 2. The van der Waals surface area contributed by atoms with Gasteiger partial charge in [0.15, 0.2) is 0 Å². The van der Waals surface area contributed by atoms with Crippen LogP contribution in [0, 0.1) is 0 Å². The molecule has 0 spiro atoms. The second-order valence-corrected chi connectivity index (χ2v) is 5.96. The van der Waals surface area contributed by atoms with Crippen LogP contribution in [0.2, 0.25) is 0 Å². The lowest BCUT2D eigenvalue weighted by Gasteiger charge is -2.41. The largest absolute Gasteiger partial charge is 0.478 e. The highest BCUT2D eigenvalue weighted by Gasteiger charge is 2.46. The Morgan fingerprint density at radius 2 is 1.27 bits per heavy atom. The van der Waals surface area contributed by atoms with E-state index in [4.69, 9.17) is 4.74 Å². The Morgan fingerprint density at radius 3 is 1.65 bits per heavy atom. The molecule has 0 aliphatic rings. The summed E-state index contributed by atoms with van der Waals surface area (Å²) >= 11 is 0. The molecule has 4 heteroatoms. The predicted octanol–water partition coefficient (Wildman–Crippen LogP) is 4.49. The van der Waals surface area contributed by atoms with Crippen molar-refractivity contribution in [1.82, 2.24) is 0 Å². The van der Waals surface area contributed by atoms with Crippen LogP contribution in [0.5, 0.6) is 0 Å². The van der Waals surface area contributed by atoms with Gasteiger partial charge >= 0.3 is 5.97 Å². The zero-order valence-corrected chi connectivity index (χ0v) is 14.6. The molecule has 0 aromatic heterocycles. The number of carboxylic acids is 1. The highest BCUT2D eigenvalue weighted by molar-refractivity contribution is 5.86. The lowest BCUT2D eigenvalue weighted by Crippen LogP contribution is -2.56. The first kappa shape index (κ1) is 17.7. The monoisotopic (exact) mass is 347 g/mol. The van der Waals surface area contributed by atoms with E-state index in [9.17, 15) is 9.90 Å². The fourth-order valence-corrected chi connectivity index (χ4v) is 3.09. The number of carboxylic acid groups (broad SMARTS) is 1. The summed E-state index contributed by atoms with van der Waals surface area (Å²) < 4.78 is 5.70. The third-order valence-corrected chi connectivity index (χ3v) is 4.35. The van der Waals surface area contributed by atoms with Gasteiger partial charge in [-0.3, -0.25) is 0 Å². The quantitative estimate of drug-likeness (QED) is 0.640. The summed E-state index contributed by atoms with van der Waals surface area (Å²) in [6, 6.07) is 28.4. The van der Waals surface area contributed by atoms with E-state index in [1.54, 1.807) is 4.90 Å². The van der Waals surface area contributed by atoms with E-state index < -0.39 is 11.7 Å². The maximum Gasteiger partial charge on any atom is 0.358 e. The van der Waals surface area contributed by atoms with Crippen molar-refractivity contribution < 1.29 is 14.6 Å². The van der Waals surface area contributed by atoms with Crippen molar-refractivity contribution in [3.63, 3.8) is 0 Å². The van der Waals surface area contributed by atoms with Crippen molar-refractivity contribution in [2.75, 3.05) is 12.0 Å². The first-order valence-electron chi connectivity index (χ1n) is 8.40. The Labute approximate surface area is 153 Å². The molecule has 3 aromatic carbocycles. The number of ether oxygens (including phenoxy) is 1. The maximum absolute atomic E-state index is 12.5. The molecule has 0 saturated heterocycles. The maximum atomic E-state index is 12.5. The minimum atomic E-state index is -1.58. The molecule has 3 aromatic rings. The van der Waals surface area contributed by atoms with Gasteiger partial charge in [0.1, 0.15) is 0 Å². The molecular formula is C22H21NO3. The van der Waals surface area contributed by atoms with Gasteiger partial charge in [-0.05, 0) is 29.8 Å². The first-order valence-corrected chi connectivity index (χ1v) is 8.40. The number of rotatable bonds is 7. The van der Waals surface area contributed by atoms with Crippen molar-refractivity contribution >= 4 is 17.3 Å². The molecule has 3 rings (SSSR count). The van der Waals surface area contributed by atoms with E-state index in [1.807, 2.05) is 91.0 Å². The van der Waals surface area contributed by atoms with Crippen LogP contribution < -0.4 is 4.90 Å². The molecule has 4 nitrogen and oxygen atoms in total. The minimum absolute atomic E-state index is 0.198. The number of anilines is 2. The van der Waals surface area contributed by atoms with Crippen molar-refractivity contribution in [2.24, 2.45) is 0 Å². The van der Waals surface area contributed by atoms with Gasteiger partial charge in [0.25, 0.3) is 0 Å². The normalized spacial score (nSPS) is 13.0. The number of hydrogen-bond acceptors (Lipinski definition) is 3. The average Bonchev–Trinajstić information content (AvgIpc) is 2.69. The number of carbonyl (C=O) groups is 1. The van der Waals surface area contributed by atoms with Crippen LogP contribution in [-0.2, 0) is 16.0 Å². The third-order valence-electron chi connectivity index (χ3n) is 4.35. The summed E-state index contributed by atoms with van der Waals surface area (Å²) in [5.74, 6) is -1.04. The Hall–Kier alpha value is -3.11. The molecule has 1 N–H and O–H groups in total. The molecule has 0 amide bonds. The molecule has 132 valence electrons. The van der Waals surface area contributed by atoms with Gasteiger partial charge in [-0.25, -0.2) is 4.79 Å². The van der Waals surface area contributed by atoms with Gasteiger partial charge in [-0.15, -0.1) is 0 Å². The van der Waals surface area contributed by atoms with E-state index in [1.165, 1.54) is 7.11 Å². The summed E-state index contributed by atoms with van der Waals surface area (Å²) in [4.78, 5) is 14.2. The van der Waals surface area contributed by atoms with E-state index in [2.05, 4.69) is 0 Å². The lowest BCUT2D eigenvalue weighted by atomic mass is 9.98. The van der Waals surface area contributed by atoms with Gasteiger partial charge in [0.2, 0.25) is 5.72 Å². The Balaban J connectivity index is 2.17. The molecule has 0 aliphatic carbocycles. The summed E-state index contributed by atoms with van der Waals surface area (Å²) in [6.07, 6.45) is 0.198. The molecular weight excluding hydrogens is 326 g/mol. The smallest absolute Gasteiger partial charge is 0.358 e. The van der Waals surface area contributed by atoms with Crippen LogP contribution in [0.15, 0.2) is 91.0 Å². The summed E-state index contributed by atoms with van der Waals surface area (Å²) in [5, 5.41) is 10.2. The lowest BCUT2D eigenvalue weighted by molar-refractivity contribution is -0.161. The van der Waals surface area contributed by atoms with Crippen molar-refractivity contribution in [3.8, 4) is 0 Å². The van der Waals surface area contributed by atoms with Crippen LogP contribution in [0.1, 0.15) is 5.56 Å². The van der Waals surface area contributed by atoms with E-state index in [-0.39, 0.29) is 6.42 Å². The summed E-state index contributed by atoms with van der Waals surface area (Å²) in [7, 11) is 1.44. The summed E-state index contributed by atoms with van der Waals surface area (Å²) in [5.41, 5.74) is 0.802. The number of methoxy groups -OCH3 is 1. The zero-order chi connectivity index (χ0) is 18.4. The molecule has 0 bridgehead atoms. The van der Waals surface area contributed by atoms with Crippen molar-refractivity contribution in [1.29, 1.82) is 0 Å². The first-order chi connectivity index (χ1) is 12.7. The highest BCUT2D eigenvalue weighted by atomic mass is 16.5. The van der Waals surface area contributed by atoms with E-state index in [0.717, 1.165) is 16.9 Å². The molecule has 0 heterocycles. The number of hydrogen-bond donors (Lipinski definition) is 1. The molecule has 0 unspecified atom stereocenters. The van der Waals surface area contributed by atoms with Crippen LogP contribution in [0.3, 0.4) is 0 Å². The van der Waals surface area contributed by atoms with Crippen LogP contribution in [0.4, 0.5) is 11.4 Å². The van der Waals surface area contributed by atoms with Crippen LogP contribution in [0.25, 0.3) is 0 Å². The third kappa shape index (κ3) is 3.46. The van der Waals surface area contributed by atoms with Gasteiger partial charge in [0.05, 0.1) is 0 Å². The molecule has 0 aliphatic heterocycles. The summed E-state index contributed by atoms with van der Waals surface area (Å²) in [6.45, 7) is 0. The number of benzene rings is 3. The molecule has 26 heavy (non-hydrogen) atoms. The fraction of sp³-hybridized carbons (Fsp3) is 0.136. The number of nitrogens with zero attached hydrogens (tertiary/aromatic N) is 1. The fourth-order valence-electron chi connectivity index (χ4n) is 3.09. The SMILES string of the molecule is CO[C@](Cc1ccccc1)(C(=O)O)N(c1ccccc1)c1ccccc1. The second kappa shape index (κ2) is 7.85. The van der Waals surface area contributed by atoms with Gasteiger partial charge in [0, 0.05) is 24.9 Å². The molecule has 1 atom stereocenters. The Bertz CT molecular complexity index is 798. The molecule has 0 fully saturated rings. The van der Waals surface area contributed by atoms with Crippen LogP contribution in [-0.4, -0.2) is 23.9 Å². The van der Waals surface area contributed by atoms with Crippen LogP contribution >= 0.6 is 0 Å². The predicted molar refractivity (Wildman–Crippen MR) is 103 cm³/mol. The molecule has 0 radical (unpaired) electrons. The van der Waals surface area contributed by atoms with Gasteiger partial charge in [-0.1, -0.05) is 66.7 Å².